The summed E-state index contributed by atoms with van der Waals surface area (Å²) in [5, 5.41) is 0. The lowest BCUT2D eigenvalue weighted by Gasteiger charge is -2.01. The molecule has 0 fully saturated rings. The molecule has 1 aromatic rings. The topological polar surface area (TPSA) is 12.4 Å². The van der Waals surface area contributed by atoms with Crippen molar-refractivity contribution in [3.63, 3.8) is 0 Å². The van der Waals surface area contributed by atoms with Crippen LogP contribution in [0.25, 0.3) is 5.57 Å². The Labute approximate surface area is 91.9 Å². The van der Waals surface area contributed by atoms with Gasteiger partial charge in [0.05, 0.1) is 0 Å². The molecule has 0 saturated carbocycles. The molecule has 0 N–H and O–H groups in total. The number of aliphatic imine (C=N–C) groups is 1. The van der Waals surface area contributed by atoms with Crippen LogP contribution in [0.2, 0.25) is 0 Å². The average molecular weight is 199 g/mol. The first-order valence-electron chi connectivity index (χ1n) is 5.15. The second kappa shape index (κ2) is 5.97. The van der Waals surface area contributed by atoms with E-state index in [0.29, 0.717) is 0 Å². The third-order valence-corrected chi connectivity index (χ3v) is 2.09. The molecule has 0 aromatic heterocycles. The number of allylic oxidation sites excluding steroid dienone is 3. The third kappa shape index (κ3) is 3.55. The van der Waals surface area contributed by atoms with Crippen molar-refractivity contribution in [1.29, 1.82) is 0 Å². The van der Waals surface area contributed by atoms with Crippen LogP contribution in [0.3, 0.4) is 0 Å². The van der Waals surface area contributed by atoms with E-state index in [4.69, 9.17) is 0 Å². The van der Waals surface area contributed by atoms with Gasteiger partial charge in [0.15, 0.2) is 0 Å². The van der Waals surface area contributed by atoms with Crippen LogP contribution >= 0.6 is 0 Å². The van der Waals surface area contributed by atoms with Crippen molar-refractivity contribution in [1.82, 2.24) is 0 Å². The van der Waals surface area contributed by atoms with Gasteiger partial charge >= 0.3 is 0 Å². The first-order valence-corrected chi connectivity index (χ1v) is 5.15. The molecule has 0 unspecified atom stereocenters. The molecular weight excluding hydrogens is 182 g/mol. The van der Waals surface area contributed by atoms with Crippen LogP contribution in [0.1, 0.15) is 25.0 Å². The SMILES string of the molecule is C\C=C/C(=C\N=C/C)c1ccc(C)cc1. The summed E-state index contributed by atoms with van der Waals surface area (Å²) in [6.45, 7) is 6.02. The van der Waals surface area contributed by atoms with E-state index < -0.39 is 0 Å². The Morgan fingerprint density at radius 1 is 1.13 bits per heavy atom. The van der Waals surface area contributed by atoms with Crippen LogP contribution in [0.4, 0.5) is 0 Å². The number of nitrogens with zero attached hydrogens (tertiary/aromatic N) is 1. The average Bonchev–Trinajstić information content (AvgIpc) is 2.25. The van der Waals surface area contributed by atoms with E-state index in [1.165, 1.54) is 11.1 Å². The van der Waals surface area contributed by atoms with Gasteiger partial charge in [-0.15, -0.1) is 0 Å². The number of benzene rings is 1. The lowest BCUT2D eigenvalue weighted by Crippen LogP contribution is -1.81. The number of rotatable bonds is 3. The van der Waals surface area contributed by atoms with Crippen LogP contribution in [-0.2, 0) is 0 Å². The number of hydrogen-bond acceptors (Lipinski definition) is 1. The highest BCUT2D eigenvalue weighted by Gasteiger charge is 1.95. The largest absolute Gasteiger partial charge is 0.269 e. The van der Waals surface area contributed by atoms with Crippen LogP contribution in [0.15, 0.2) is 47.6 Å². The molecular formula is C14H17N. The smallest absolute Gasteiger partial charge is 0.0342 e. The van der Waals surface area contributed by atoms with Gasteiger partial charge in [0.1, 0.15) is 0 Å². The molecule has 15 heavy (non-hydrogen) atoms. The molecule has 0 spiro atoms. The van der Waals surface area contributed by atoms with Gasteiger partial charge in [0.2, 0.25) is 0 Å². The minimum absolute atomic E-state index is 1.13. The maximum Gasteiger partial charge on any atom is 0.0342 e. The third-order valence-electron chi connectivity index (χ3n) is 2.09. The van der Waals surface area contributed by atoms with Crippen molar-refractivity contribution in [3.05, 3.63) is 53.7 Å². The van der Waals surface area contributed by atoms with Crippen molar-refractivity contribution >= 4 is 11.8 Å². The van der Waals surface area contributed by atoms with Crippen molar-refractivity contribution in [2.45, 2.75) is 20.8 Å². The Kier molecular flexibility index (Phi) is 4.55. The van der Waals surface area contributed by atoms with E-state index in [-0.39, 0.29) is 0 Å². The van der Waals surface area contributed by atoms with Gasteiger partial charge in [-0.2, -0.15) is 0 Å². The predicted molar refractivity (Wildman–Crippen MR) is 68.1 cm³/mol. The molecule has 1 rings (SSSR count). The van der Waals surface area contributed by atoms with Crippen molar-refractivity contribution in [2.24, 2.45) is 4.99 Å². The molecule has 0 radical (unpaired) electrons. The van der Waals surface area contributed by atoms with E-state index in [2.05, 4.69) is 42.3 Å². The minimum Gasteiger partial charge on any atom is -0.269 e. The van der Waals surface area contributed by atoms with Crippen LogP contribution in [0, 0.1) is 6.92 Å². The standard InChI is InChI=1S/C14H17N/c1-4-6-14(11-15-5-2)13-9-7-12(3)8-10-13/h4-11H,1-3H3/b6-4-,14-11+,15-5-. The highest BCUT2D eigenvalue weighted by molar-refractivity contribution is 5.74. The molecule has 0 bridgehead atoms. The van der Waals surface area contributed by atoms with Gasteiger partial charge in [-0.25, -0.2) is 0 Å². The zero-order valence-corrected chi connectivity index (χ0v) is 9.57. The summed E-state index contributed by atoms with van der Waals surface area (Å²) >= 11 is 0. The fourth-order valence-electron chi connectivity index (χ4n) is 1.29. The fourth-order valence-corrected chi connectivity index (χ4v) is 1.29. The fraction of sp³-hybridized carbons (Fsp3) is 0.214. The second-order valence-electron chi connectivity index (χ2n) is 3.36. The predicted octanol–water partition coefficient (Wildman–Crippen LogP) is 4.00. The van der Waals surface area contributed by atoms with E-state index >= 15 is 0 Å². The zero-order valence-electron chi connectivity index (χ0n) is 9.57. The Morgan fingerprint density at radius 3 is 2.33 bits per heavy atom. The molecule has 1 heteroatoms. The summed E-state index contributed by atoms with van der Waals surface area (Å²) in [5.41, 5.74) is 3.61. The Morgan fingerprint density at radius 2 is 1.80 bits per heavy atom. The monoisotopic (exact) mass is 199 g/mol. The van der Waals surface area contributed by atoms with Crippen molar-refractivity contribution < 1.29 is 0 Å². The maximum atomic E-state index is 4.15. The normalized spacial score (nSPS) is 12.9. The lowest BCUT2D eigenvalue weighted by molar-refractivity contribution is 1.45. The van der Waals surface area contributed by atoms with Gasteiger partial charge in [0, 0.05) is 12.4 Å². The summed E-state index contributed by atoms with van der Waals surface area (Å²) in [6, 6.07) is 8.46. The van der Waals surface area contributed by atoms with E-state index in [1.54, 1.807) is 6.21 Å². The molecule has 0 heterocycles. The maximum absolute atomic E-state index is 4.15. The summed E-state index contributed by atoms with van der Waals surface area (Å²) in [7, 11) is 0. The van der Waals surface area contributed by atoms with E-state index in [0.717, 1.165) is 5.57 Å². The number of hydrogen-bond donors (Lipinski definition) is 0. The van der Waals surface area contributed by atoms with Gasteiger partial charge in [-0.05, 0) is 31.9 Å². The minimum atomic E-state index is 1.13. The highest BCUT2D eigenvalue weighted by Crippen LogP contribution is 2.16. The second-order valence-corrected chi connectivity index (χ2v) is 3.36. The summed E-state index contributed by atoms with van der Waals surface area (Å²) in [6.07, 6.45) is 7.76. The first kappa shape index (κ1) is 11.4. The van der Waals surface area contributed by atoms with Crippen LogP contribution in [0.5, 0.6) is 0 Å². The molecule has 0 amide bonds. The Hall–Kier alpha value is -1.63. The lowest BCUT2D eigenvalue weighted by atomic mass is 10.1. The molecule has 0 atom stereocenters. The Balaban J connectivity index is 3.04. The highest BCUT2D eigenvalue weighted by atomic mass is 14.7. The quantitative estimate of drug-likeness (QED) is 0.515. The first-order chi connectivity index (χ1) is 7.27. The Bertz CT molecular complexity index is 380. The molecule has 0 aliphatic rings. The zero-order chi connectivity index (χ0) is 11.1. The summed E-state index contributed by atoms with van der Waals surface area (Å²) in [5.74, 6) is 0. The molecule has 0 aliphatic heterocycles. The molecule has 0 aliphatic carbocycles. The van der Waals surface area contributed by atoms with E-state index in [9.17, 15) is 0 Å². The van der Waals surface area contributed by atoms with E-state index in [1.807, 2.05) is 26.1 Å². The van der Waals surface area contributed by atoms with Crippen molar-refractivity contribution in [2.75, 3.05) is 0 Å². The van der Waals surface area contributed by atoms with Gasteiger partial charge in [-0.1, -0.05) is 42.0 Å². The van der Waals surface area contributed by atoms with Crippen LogP contribution in [-0.4, -0.2) is 6.21 Å². The molecule has 1 nitrogen and oxygen atoms in total. The molecule has 1 aromatic carbocycles. The molecule has 78 valence electrons. The van der Waals surface area contributed by atoms with Crippen LogP contribution < -0.4 is 0 Å². The van der Waals surface area contributed by atoms with Gasteiger partial charge in [0.25, 0.3) is 0 Å². The summed E-state index contributed by atoms with van der Waals surface area (Å²) in [4.78, 5) is 4.15. The van der Waals surface area contributed by atoms with Gasteiger partial charge < -0.3 is 0 Å². The van der Waals surface area contributed by atoms with Crippen molar-refractivity contribution in [3.8, 4) is 0 Å². The number of aryl methyl sites for hydroxylation is 1. The molecule has 0 saturated heterocycles. The summed E-state index contributed by atoms with van der Waals surface area (Å²) < 4.78 is 0. The van der Waals surface area contributed by atoms with Gasteiger partial charge in [-0.3, -0.25) is 4.99 Å².